The predicted molar refractivity (Wildman–Crippen MR) is 53.4 cm³/mol. The van der Waals surface area contributed by atoms with E-state index in [9.17, 15) is 0 Å². The quantitative estimate of drug-likeness (QED) is 0.575. The zero-order valence-electron chi connectivity index (χ0n) is 7.14. The van der Waals surface area contributed by atoms with Gasteiger partial charge in [-0.05, 0) is 43.0 Å². The molecule has 0 fully saturated rings. The highest BCUT2D eigenvalue weighted by molar-refractivity contribution is 7.79. The van der Waals surface area contributed by atoms with Gasteiger partial charge in [-0.2, -0.15) is 0 Å². The second kappa shape index (κ2) is 3.14. The molecule has 0 nitrogen and oxygen atoms in total. The molecule has 0 unspecified atom stereocenters. The lowest BCUT2D eigenvalue weighted by molar-refractivity contribution is 1.26. The normalized spacial score (nSPS) is 9.73. The van der Waals surface area contributed by atoms with Gasteiger partial charge >= 0.3 is 0 Å². The zero-order valence-corrected chi connectivity index (χ0v) is 7.96. The van der Waals surface area contributed by atoms with Crippen molar-refractivity contribution in [1.82, 2.24) is 0 Å². The first-order chi connectivity index (χ1) is 5.15. The van der Waals surface area contributed by atoms with Crippen LogP contribution < -0.4 is 0 Å². The summed E-state index contributed by atoms with van der Waals surface area (Å²) in [5, 5.41) is 1.72. The van der Waals surface area contributed by atoms with E-state index in [2.05, 4.69) is 32.9 Å². The van der Waals surface area contributed by atoms with Gasteiger partial charge in [-0.3, -0.25) is 0 Å². The topological polar surface area (TPSA) is 0 Å². The molecule has 0 N–H and O–H groups in total. The molecule has 0 aromatic heterocycles. The first kappa shape index (κ1) is 8.41. The molecule has 11 heavy (non-hydrogen) atoms. The maximum Gasteiger partial charge on any atom is 0.00863 e. The van der Waals surface area contributed by atoms with Crippen molar-refractivity contribution in [2.45, 2.75) is 20.8 Å². The van der Waals surface area contributed by atoms with Crippen LogP contribution in [0.1, 0.15) is 22.3 Å². The molecule has 0 atom stereocenters. The van der Waals surface area contributed by atoms with Crippen LogP contribution in [0.4, 0.5) is 0 Å². The number of thiocarbonyl (C=S) groups is 1. The maximum atomic E-state index is 4.86. The summed E-state index contributed by atoms with van der Waals surface area (Å²) in [6.45, 7) is 6.37. The third-order valence-corrected chi connectivity index (χ3v) is 2.36. The SMILES string of the molecule is Cc1cc(C=S)cc(C)c1C. The molecule has 1 aromatic rings. The molecular weight excluding hydrogens is 152 g/mol. The lowest BCUT2D eigenvalue weighted by atomic mass is 10.0. The van der Waals surface area contributed by atoms with Gasteiger partial charge in [0, 0.05) is 5.37 Å². The smallest absolute Gasteiger partial charge is 0.00863 e. The van der Waals surface area contributed by atoms with E-state index in [1.54, 1.807) is 5.37 Å². The second-order valence-corrected chi connectivity index (χ2v) is 3.13. The summed E-state index contributed by atoms with van der Waals surface area (Å²) in [6.07, 6.45) is 0. The fourth-order valence-corrected chi connectivity index (χ4v) is 1.27. The van der Waals surface area contributed by atoms with Crippen molar-refractivity contribution in [3.8, 4) is 0 Å². The van der Waals surface area contributed by atoms with Crippen LogP contribution in [0, 0.1) is 20.8 Å². The minimum atomic E-state index is 1.14. The van der Waals surface area contributed by atoms with E-state index in [1.165, 1.54) is 16.7 Å². The largest absolute Gasteiger partial charge is 0.0881 e. The maximum absolute atomic E-state index is 4.86. The van der Waals surface area contributed by atoms with Crippen LogP contribution >= 0.6 is 12.2 Å². The van der Waals surface area contributed by atoms with Crippen LogP contribution in [0.5, 0.6) is 0 Å². The minimum absolute atomic E-state index is 1.14. The number of rotatable bonds is 1. The van der Waals surface area contributed by atoms with Crippen LogP contribution in [0.3, 0.4) is 0 Å². The Morgan fingerprint density at radius 1 is 1.09 bits per heavy atom. The summed E-state index contributed by atoms with van der Waals surface area (Å²) in [5.41, 5.74) is 5.15. The molecule has 0 bridgehead atoms. The number of hydrogen-bond acceptors (Lipinski definition) is 1. The Morgan fingerprint density at radius 3 is 1.91 bits per heavy atom. The van der Waals surface area contributed by atoms with Gasteiger partial charge in [-0.1, -0.05) is 24.4 Å². The minimum Gasteiger partial charge on any atom is -0.0881 e. The van der Waals surface area contributed by atoms with Crippen LogP contribution in [-0.4, -0.2) is 5.37 Å². The molecule has 0 radical (unpaired) electrons. The number of benzene rings is 1. The summed E-state index contributed by atoms with van der Waals surface area (Å²) >= 11 is 4.86. The lowest BCUT2D eigenvalue weighted by Gasteiger charge is -2.04. The standard InChI is InChI=1S/C10H12S/c1-7-4-10(6-11)5-8(2)9(7)3/h4-6H,1-3H3. The fraction of sp³-hybridized carbons (Fsp3) is 0.300. The Balaban J connectivity index is 3.31. The van der Waals surface area contributed by atoms with Crippen molar-refractivity contribution in [3.63, 3.8) is 0 Å². The molecule has 0 saturated carbocycles. The van der Waals surface area contributed by atoms with E-state index in [0.717, 1.165) is 5.56 Å². The predicted octanol–water partition coefficient (Wildman–Crippen LogP) is 2.96. The molecule has 0 aliphatic rings. The van der Waals surface area contributed by atoms with Gasteiger partial charge in [0.1, 0.15) is 0 Å². The van der Waals surface area contributed by atoms with E-state index < -0.39 is 0 Å². The van der Waals surface area contributed by atoms with Gasteiger partial charge in [0.25, 0.3) is 0 Å². The fourth-order valence-electron chi connectivity index (χ4n) is 1.14. The average molecular weight is 164 g/mol. The van der Waals surface area contributed by atoms with Crippen LogP contribution in [0.15, 0.2) is 12.1 Å². The molecule has 58 valence electrons. The first-order valence-electron chi connectivity index (χ1n) is 3.68. The van der Waals surface area contributed by atoms with E-state index in [1.807, 2.05) is 0 Å². The van der Waals surface area contributed by atoms with Gasteiger partial charge in [0.05, 0.1) is 0 Å². The Kier molecular flexibility index (Phi) is 2.40. The Labute approximate surface area is 73.2 Å². The van der Waals surface area contributed by atoms with Crippen molar-refractivity contribution in [1.29, 1.82) is 0 Å². The Morgan fingerprint density at radius 2 is 1.55 bits per heavy atom. The molecule has 0 aliphatic carbocycles. The van der Waals surface area contributed by atoms with Crippen molar-refractivity contribution in [2.75, 3.05) is 0 Å². The highest BCUT2D eigenvalue weighted by atomic mass is 32.1. The summed E-state index contributed by atoms with van der Waals surface area (Å²) in [5.74, 6) is 0. The average Bonchev–Trinajstić information content (AvgIpc) is 1.99. The molecule has 0 amide bonds. The van der Waals surface area contributed by atoms with Crippen LogP contribution in [-0.2, 0) is 0 Å². The highest BCUT2D eigenvalue weighted by Crippen LogP contribution is 2.13. The molecule has 0 saturated heterocycles. The zero-order chi connectivity index (χ0) is 8.43. The molecule has 1 rings (SSSR count). The molecule has 1 heteroatoms. The van der Waals surface area contributed by atoms with Gasteiger partial charge in [-0.25, -0.2) is 0 Å². The number of aryl methyl sites for hydroxylation is 2. The van der Waals surface area contributed by atoms with Gasteiger partial charge in [0.15, 0.2) is 0 Å². The van der Waals surface area contributed by atoms with Gasteiger partial charge in [-0.15, -0.1) is 0 Å². The Hall–Kier alpha value is -0.690. The third kappa shape index (κ3) is 1.66. The van der Waals surface area contributed by atoms with Crippen molar-refractivity contribution in [3.05, 3.63) is 34.4 Å². The van der Waals surface area contributed by atoms with E-state index in [0.29, 0.717) is 0 Å². The third-order valence-electron chi connectivity index (χ3n) is 2.09. The van der Waals surface area contributed by atoms with Gasteiger partial charge in [0.2, 0.25) is 0 Å². The molecule has 0 heterocycles. The highest BCUT2D eigenvalue weighted by Gasteiger charge is 1.97. The molecule has 0 aliphatic heterocycles. The number of hydrogen-bond donors (Lipinski definition) is 0. The summed E-state index contributed by atoms with van der Waals surface area (Å²) in [7, 11) is 0. The van der Waals surface area contributed by atoms with E-state index in [-0.39, 0.29) is 0 Å². The summed E-state index contributed by atoms with van der Waals surface area (Å²) in [6, 6.07) is 4.24. The lowest BCUT2D eigenvalue weighted by Crippen LogP contribution is -1.89. The Bertz CT molecular complexity index is 264. The van der Waals surface area contributed by atoms with Crippen LogP contribution in [0.25, 0.3) is 0 Å². The van der Waals surface area contributed by atoms with Crippen molar-refractivity contribution < 1.29 is 0 Å². The van der Waals surface area contributed by atoms with Crippen molar-refractivity contribution in [2.24, 2.45) is 0 Å². The van der Waals surface area contributed by atoms with Crippen molar-refractivity contribution >= 4 is 17.6 Å². The molecular formula is C10H12S. The monoisotopic (exact) mass is 164 g/mol. The summed E-state index contributed by atoms with van der Waals surface area (Å²) < 4.78 is 0. The van der Waals surface area contributed by atoms with Crippen LogP contribution in [0.2, 0.25) is 0 Å². The van der Waals surface area contributed by atoms with E-state index >= 15 is 0 Å². The first-order valence-corrected chi connectivity index (χ1v) is 4.15. The van der Waals surface area contributed by atoms with Gasteiger partial charge < -0.3 is 0 Å². The molecule has 0 spiro atoms. The van der Waals surface area contributed by atoms with E-state index in [4.69, 9.17) is 12.2 Å². The second-order valence-electron chi connectivity index (χ2n) is 2.90. The summed E-state index contributed by atoms with van der Waals surface area (Å²) in [4.78, 5) is 0. The molecule has 1 aromatic carbocycles.